The summed E-state index contributed by atoms with van der Waals surface area (Å²) in [4.78, 5) is 38.2. The molecule has 17 nitrogen and oxygen atoms in total. The van der Waals surface area contributed by atoms with Crippen molar-refractivity contribution in [1.82, 2.24) is 25.1 Å². The quantitative estimate of drug-likeness (QED) is 0.0514. The van der Waals surface area contributed by atoms with Gasteiger partial charge in [0.15, 0.2) is 10.8 Å². The van der Waals surface area contributed by atoms with Crippen LogP contribution in [0.2, 0.25) is 0 Å². The second-order valence-electron chi connectivity index (χ2n) is 22.1. The van der Waals surface area contributed by atoms with Crippen LogP contribution in [0.3, 0.4) is 0 Å². The van der Waals surface area contributed by atoms with Crippen LogP contribution in [0.15, 0.2) is 85.1 Å². The van der Waals surface area contributed by atoms with Crippen molar-refractivity contribution in [2.24, 2.45) is 16.2 Å². The molecule has 3 aromatic carbocycles. The molecular formula is C55H63N7O10S. The van der Waals surface area contributed by atoms with Gasteiger partial charge in [-0.2, -0.15) is 5.10 Å². The number of hydrogen-bond acceptors (Lipinski definition) is 15. The van der Waals surface area contributed by atoms with Crippen molar-refractivity contribution in [3.05, 3.63) is 119 Å². The molecule has 12 rings (SSSR count). The Morgan fingerprint density at radius 1 is 0.877 bits per heavy atom. The maximum Gasteiger partial charge on any atom is 0.355 e. The number of para-hydroxylation sites is 1. The summed E-state index contributed by atoms with van der Waals surface area (Å²) in [7, 11) is 0. The molecule has 5 fully saturated rings. The maximum atomic E-state index is 13.7. The Bertz CT molecular complexity index is 3000. The molecule has 73 heavy (non-hydrogen) atoms. The van der Waals surface area contributed by atoms with Gasteiger partial charge in [-0.3, -0.25) is 14.8 Å². The molecule has 0 spiro atoms. The lowest BCUT2D eigenvalue weighted by Gasteiger charge is -2.69. The Labute approximate surface area is 427 Å². The highest BCUT2D eigenvalue weighted by molar-refractivity contribution is 7.22. The molecule has 7 N–H and O–H groups in total. The van der Waals surface area contributed by atoms with E-state index in [0.717, 1.165) is 76.7 Å². The molecule has 4 bridgehead atoms. The largest absolute Gasteiger partial charge is 0.476 e. The zero-order chi connectivity index (χ0) is 50.9. The van der Waals surface area contributed by atoms with E-state index >= 15 is 0 Å². The number of rotatable bonds is 16. The van der Waals surface area contributed by atoms with Crippen molar-refractivity contribution < 1.29 is 49.3 Å². The molecule has 18 heteroatoms. The number of amides is 1. The van der Waals surface area contributed by atoms with E-state index in [4.69, 9.17) is 24.3 Å². The van der Waals surface area contributed by atoms with Gasteiger partial charge in [0.25, 0.3) is 5.91 Å². The third-order valence-corrected chi connectivity index (χ3v) is 17.0. The van der Waals surface area contributed by atoms with Crippen LogP contribution in [0.1, 0.15) is 95.6 Å². The van der Waals surface area contributed by atoms with Gasteiger partial charge < -0.3 is 50.0 Å². The summed E-state index contributed by atoms with van der Waals surface area (Å²) in [5, 5.41) is 62.7. The van der Waals surface area contributed by atoms with Crippen LogP contribution in [0.4, 0.5) is 10.9 Å². The summed E-state index contributed by atoms with van der Waals surface area (Å²) in [5.41, 5.74) is 6.39. The zero-order valence-electron chi connectivity index (χ0n) is 41.3. The SMILES string of the molecule is Cc1c(-c2ccc(N3CCc4cccc(C(=O)Nc5nc6ccccc6s5)c4C3)nc2C(=O)O)cnn1CC12CC3(C)CC(C)(C1)CC(OCCNCc1ccc(O[C@H]4O[C@@H](CO)[C@H](O)[C@H](O)[C@@H]4O)cc1)(C3)C2. The third kappa shape index (κ3) is 9.63. The Kier molecular flexibility index (Phi) is 12.9. The van der Waals surface area contributed by atoms with E-state index in [9.17, 15) is 35.1 Å². The van der Waals surface area contributed by atoms with E-state index in [0.29, 0.717) is 73.6 Å². The molecule has 3 aromatic heterocycles. The zero-order valence-corrected chi connectivity index (χ0v) is 42.1. The number of anilines is 2. The number of thiazole rings is 1. The molecule has 1 saturated heterocycles. The molecule has 7 atom stereocenters. The number of fused-ring (bicyclic) bond motifs is 2. The fourth-order valence-electron chi connectivity index (χ4n) is 14.0. The number of benzene rings is 3. The van der Waals surface area contributed by atoms with Crippen LogP contribution in [-0.4, -0.2) is 120 Å². The average molecular weight is 1010 g/mol. The normalized spacial score (nSPS) is 29.4. The first-order chi connectivity index (χ1) is 35.0. The number of carbonyl (C=O) groups is 2. The lowest BCUT2D eigenvalue weighted by Crippen LogP contribution is -2.64. The molecule has 4 aliphatic carbocycles. The highest BCUT2D eigenvalue weighted by atomic mass is 32.1. The van der Waals surface area contributed by atoms with Crippen LogP contribution in [0.25, 0.3) is 21.3 Å². The Balaban J connectivity index is 0.737. The standard InChI is InChI=1S/C55H63N7O10S/c1-32-38(36-15-16-43(59-44(36)49(68)69)61-19-17-34-7-6-8-37(39(34)23-61)48(67)60-51-58-40-9-4-5-10-42(40)73-51)22-57-62(32)31-54-26-52(2)25-53(3,27-54)29-55(28-52,30-54)70-20-18-56-21-33-11-13-35(14-12-33)71-50-47(66)46(65)45(64)41(24-63)72-50/h4-16,22,41,45-47,50,56,63-66H,17-21,23-31H2,1-3H3,(H,68,69)(H,58,60,67)/t41-,45-,46-,47-,50-,52?,53?,54?,55?/m0/s1. The second-order valence-corrected chi connectivity index (χ2v) is 23.1. The minimum absolute atomic E-state index is 0.0403. The minimum Gasteiger partial charge on any atom is -0.476 e. The lowest BCUT2D eigenvalue weighted by atomic mass is 9.39. The lowest BCUT2D eigenvalue weighted by molar-refractivity contribution is -0.277. The summed E-state index contributed by atoms with van der Waals surface area (Å²) < 4.78 is 21.3. The van der Waals surface area contributed by atoms with Gasteiger partial charge in [-0.1, -0.05) is 61.6 Å². The number of carbonyl (C=O) groups excluding carboxylic acids is 1. The van der Waals surface area contributed by atoms with Crippen molar-refractivity contribution in [3.63, 3.8) is 0 Å². The number of carboxylic acids is 1. The number of aliphatic hydroxyl groups is 4. The predicted octanol–water partition coefficient (Wildman–Crippen LogP) is 6.48. The second kappa shape index (κ2) is 19.1. The summed E-state index contributed by atoms with van der Waals surface area (Å²) in [6.07, 6.45) is 1.97. The first kappa shape index (κ1) is 49.4. The number of pyridine rings is 1. The summed E-state index contributed by atoms with van der Waals surface area (Å²) in [6.45, 7) is 9.86. The number of aromatic nitrogens is 4. The van der Waals surface area contributed by atoms with Gasteiger partial charge in [-0.05, 0) is 127 Å². The summed E-state index contributed by atoms with van der Waals surface area (Å²) >= 11 is 1.43. The highest BCUT2D eigenvalue weighted by Crippen LogP contribution is 2.72. The number of ether oxygens (including phenoxy) is 3. The molecule has 1 amide bonds. The molecule has 6 aliphatic rings. The molecule has 6 aromatic rings. The monoisotopic (exact) mass is 1010 g/mol. The highest BCUT2D eigenvalue weighted by Gasteiger charge is 2.66. The van der Waals surface area contributed by atoms with E-state index < -0.39 is 43.3 Å². The van der Waals surface area contributed by atoms with E-state index in [1.807, 2.05) is 78.6 Å². The molecule has 5 heterocycles. The van der Waals surface area contributed by atoms with Crippen LogP contribution in [-0.2, 0) is 35.5 Å². The number of nitrogens with one attached hydrogen (secondary N) is 2. The van der Waals surface area contributed by atoms with Gasteiger partial charge in [0, 0.05) is 55.1 Å². The fraction of sp³-hybridized carbons (Fsp3) is 0.473. The van der Waals surface area contributed by atoms with Crippen molar-refractivity contribution in [3.8, 4) is 16.9 Å². The molecule has 0 radical (unpaired) electrons. The molecule has 2 unspecified atom stereocenters. The molecule has 2 aliphatic heterocycles. The summed E-state index contributed by atoms with van der Waals surface area (Å²) in [6, 6.07) is 24.6. The Morgan fingerprint density at radius 2 is 1.66 bits per heavy atom. The molecule has 384 valence electrons. The predicted molar refractivity (Wildman–Crippen MR) is 273 cm³/mol. The number of aromatic carboxylic acids is 1. The van der Waals surface area contributed by atoms with Crippen molar-refractivity contribution in [1.29, 1.82) is 0 Å². The molecular weight excluding hydrogens is 951 g/mol. The minimum atomic E-state index is -1.51. The van der Waals surface area contributed by atoms with Gasteiger partial charge in [-0.15, -0.1) is 0 Å². The number of nitrogens with zero attached hydrogens (tertiary/aromatic N) is 5. The van der Waals surface area contributed by atoms with Gasteiger partial charge in [-0.25, -0.2) is 14.8 Å². The van der Waals surface area contributed by atoms with E-state index in [-0.39, 0.29) is 33.4 Å². The smallest absolute Gasteiger partial charge is 0.355 e. The van der Waals surface area contributed by atoms with Gasteiger partial charge in [0.1, 0.15) is 36.0 Å². The Hall–Kier alpha value is -5.83. The molecule has 4 saturated carbocycles. The topological polar surface area (TPSA) is 234 Å². The van der Waals surface area contributed by atoms with Crippen LogP contribution in [0.5, 0.6) is 5.75 Å². The fourth-order valence-corrected chi connectivity index (χ4v) is 14.8. The van der Waals surface area contributed by atoms with Crippen LogP contribution >= 0.6 is 11.3 Å². The van der Waals surface area contributed by atoms with Crippen LogP contribution in [0, 0.1) is 23.2 Å². The van der Waals surface area contributed by atoms with Crippen molar-refractivity contribution in [2.45, 2.75) is 122 Å². The third-order valence-electron chi connectivity index (χ3n) is 16.0. The number of carboxylic acid groups (broad SMARTS) is 1. The maximum absolute atomic E-state index is 13.7. The average Bonchev–Trinajstić information content (AvgIpc) is 3.93. The Morgan fingerprint density at radius 3 is 2.41 bits per heavy atom. The first-order valence-electron chi connectivity index (χ1n) is 25.2. The first-order valence-corrected chi connectivity index (χ1v) is 26.0. The van der Waals surface area contributed by atoms with Gasteiger partial charge in [0.2, 0.25) is 6.29 Å². The van der Waals surface area contributed by atoms with Crippen LogP contribution < -0.4 is 20.3 Å². The van der Waals surface area contributed by atoms with Crippen molar-refractivity contribution in [2.75, 3.05) is 36.5 Å². The summed E-state index contributed by atoms with van der Waals surface area (Å²) in [5.74, 6) is -0.414. The van der Waals surface area contributed by atoms with E-state index in [2.05, 4.69) is 34.1 Å². The van der Waals surface area contributed by atoms with Gasteiger partial charge >= 0.3 is 5.97 Å². The van der Waals surface area contributed by atoms with E-state index in [1.165, 1.54) is 11.3 Å². The number of aliphatic hydroxyl groups excluding tert-OH is 4. The van der Waals surface area contributed by atoms with Crippen molar-refractivity contribution >= 4 is 44.4 Å². The van der Waals surface area contributed by atoms with Gasteiger partial charge in [0.05, 0.1) is 35.2 Å². The van der Waals surface area contributed by atoms with E-state index in [1.54, 1.807) is 18.3 Å². The number of hydrogen-bond donors (Lipinski definition) is 7.